The van der Waals surface area contributed by atoms with E-state index in [1.54, 1.807) is 18.2 Å². The summed E-state index contributed by atoms with van der Waals surface area (Å²) in [4.78, 5) is 11.7. The second kappa shape index (κ2) is 7.79. The monoisotopic (exact) mass is 305 g/mol. The number of aryl methyl sites for hydroxylation is 1. The summed E-state index contributed by atoms with van der Waals surface area (Å²) >= 11 is 5.81. The highest BCUT2D eigenvalue weighted by Gasteiger charge is 2.05. The van der Waals surface area contributed by atoms with Crippen molar-refractivity contribution in [2.45, 2.75) is 19.3 Å². The summed E-state index contributed by atoms with van der Waals surface area (Å²) in [6.07, 6.45) is 1.46. The molecule has 4 heteroatoms. The molecular weight excluding hydrogens is 289 g/mol. The summed E-state index contributed by atoms with van der Waals surface area (Å²) in [6.45, 7) is 0.567. The van der Waals surface area contributed by atoms with Crippen molar-refractivity contribution < 1.29 is 9.18 Å². The molecule has 0 aliphatic rings. The van der Waals surface area contributed by atoms with Crippen molar-refractivity contribution in [1.29, 1.82) is 0 Å². The van der Waals surface area contributed by atoms with Gasteiger partial charge in [-0.3, -0.25) is 4.79 Å². The number of carbonyl (C=O) groups excluding carboxylic acids is 1. The molecule has 0 aromatic heterocycles. The first-order valence-corrected chi connectivity index (χ1v) is 7.27. The summed E-state index contributed by atoms with van der Waals surface area (Å²) < 4.78 is 13.4. The molecule has 1 N–H and O–H groups in total. The number of rotatable bonds is 6. The van der Waals surface area contributed by atoms with Crippen LogP contribution in [0.4, 0.5) is 4.39 Å². The van der Waals surface area contributed by atoms with Crippen molar-refractivity contribution in [2.24, 2.45) is 0 Å². The molecule has 110 valence electrons. The fourth-order valence-electron chi connectivity index (χ4n) is 2.04. The van der Waals surface area contributed by atoms with Gasteiger partial charge in [0.05, 0.1) is 0 Å². The fraction of sp³-hybridized carbons (Fsp3) is 0.235. The minimum Gasteiger partial charge on any atom is -0.356 e. The van der Waals surface area contributed by atoms with Crippen LogP contribution in [0.2, 0.25) is 5.02 Å². The molecule has 0 radical (unpaired) electrons. The first-order chi connectivity index (χ1) is 10.1. The Labute approximate surface area is 128 Å². The molecule has 0 fully saturated rings. The molecular formula is C17H17ClFNO. The third-order valence-electron chi connectivity index (χ3n) is 3.23. The maximum Gasteiger partial charge on any atom is 0.220 e. The summed E-state index contributed by atoms with van der Waals surface area (Å²) in [6, 6.07) is 14.1. The van der Waals surface area contributed by atoms with Crippen molar-refractivity contribution in [3.8, 4) is 0 Å². The Bertz CT molecular complexity index is 598. The van der Waals surface area contributed by atoms with Crippen molar-refractivity contribution in [3.05, 3.63) is 70.5 Å². The van der Waals surface area contributed by atoms with Gasteiger partial charge in [0, 0.05) is 18.0 Å². The molecule has 0 spiro atoms. The van der Waals surface area contributed by atoms with Crippen molar-refractivity contribution >= 4 is 17.5 Å². The van der Waals surface area contributed by atoms with E-state index in [0.717, 1.165) is 12.0 Å². The first-order valence-electron chi connectivity index (χ1n) is 6.90. The largest absolute Gasteiger partial charge is 0.356 e. The van der Waals surface area contributed by atoms with Crippen LogP contribution in [-0.2, 0) is 17.6 Å². The van der Waals surface area contributed by atoms with E-state index in [0.29, 0.717) is 30.0 Å². The molecule has 21 heavy (non-hydrogen) atoms. The van der Waals surface area contributed by atoms with Gasteiger partial charge in [0.15, 0.2) is 0 Å². The second-order valence-electron chi connectivity index (χ2n) is 4.82. The van der Waals surface area contributed by atoms with Crippen LogP contribution in [0.5, 0.6) is 0 Å². The van der Waals surface area contributed by atoms with Gasteiger partial charge >= 0.3 is 0 Å². The van der Waals surface area contributed by atoms with E-state index in [2.05, 4.69) is 5.32 Å². The molecule has 2 rings (SSSR count). The van der Waals surface area contributed by atoms with Gasteiger partial charge in [-0.1, -0.05) is 41.9 Å². The van der Waals surface area contributed by atoms with E-state index in [9.17, 15) is 9.18 Å². The quantitative estimate of drug-likeness (QED) is 0.865. The predicted octanol–water partition coefficient (Wildman–Crippen LogP) is 3.77. The number of hydrogen-bond donors (Lipinski definition) is 1. The Morgan fingerprint density at radius 1 is 1.05 bits per heavy atom. The molecule has 2 nitrogen and oxygen atoms in total. The van der Waals surface area contributed by atoms with E-state index in [1.165, 1.54) is 6.07 Å². The molecule has 0 bridgehead atoms. The van der Waals surface area contributed by atoms with Gasteiger partial charge in [0.25, 0.3) is 0 Å². The van der Waals surface area contributed by atoms with Gasteiger partial charge in [-0.15, -0.1) is 0 Å². The molecule has 2 aromatic rings. The maximum absolute atomic E-state index is 13.4. The lowest BCUT2D eigenvalue weighted by Crippen LogP contribution is -2.25. The van der Waals surface area contributed by atoms with E-state index in [1.807, 2.05) is 24.3 Å². The van der Waals surface area contributed by atoms with E-state index >= 15 is 0 Å². The van der Waals surface area contributed by atoms with E-state index in [-0.39, 0.29) is 11.7 Å². The molecule has 2 aromatic carbocycles. The minimum absolute atomic E-state index is 0.0628. The molecule has 0 saturated carbocycles. The number of halogens is 2. The minimum atomic E-state index is -0.258. The number of nitrogens with one attached hydrogen (secondary N) is 1. The summed E-state index contributed by atoms with van der Waals surface area (Å²) in [7, 11) is 0. The lowest BCUT2D eigenvalue weighted by Gasteiger charge is -2.06. The average molecular weight is 306 g/mol. The molecule has 0 heterocycles. The van der Waals surface area contributed by atoms with Crippen LogP contribution in [0.25, 0.3) is 0 Å². The van der Waals surface area contributed by atoms with Gasteiger partial charge in [0.1, 0.15) is 5.82 Å². The maximum atomic E-state index is 13.4. The average Bonchev–Trinajstić information content (AvgIpc) is 2.48. The lowest BCUT2D eigenvalue weighted by atomic mass is 10.1. The van der Waals surface area contributed by atoms with Gasteiger partial charge in [-0.25, -0.2) is 4.39 Å². The molecule has 0 unspecified atom stereocenters. The van der Waals surface area contributed by atoms with Gasteiger partial charge in [-0.2, -0.15) is 0 Å². The molecule has 0 saturated heterocycles. The number of amides is 1. The normalized spacial score (nSPS) is 10.4. The van der Waals surface area contributed by atoms with Crippen molar-refractivity contribution in [2.75, 3.05) is 6.54 Å². The highest BCUT2D eigenvalue weighted by atomic mass is 35.5. The van der Waals surface area contributed by atoms with Gasteiger partial charge in [-0.05, 0) is 42.2 Å². The standard InChI is InChI=1S/C17H17ClFNO/c18-15-8-5-13(6-9-15)11-12-20-17(21)10-7-14-3-1-2-4-16(14)19/h1-6,8-9H,7,10-12H2,(H,20,21). The second-order valence-corrected chi connectivity index (χ2v) is 5.25. The van der Waals surface area contributed by atoms with Crippen LogP contribution < -0.4 is 5.32 Å². The third kappa shape index (κ3) is 5.20. The fourth-order valence-corrected chi connectivity index (χ4v) is 2.16. The smallest absolute Gasteiger partial charge is 0.220 e. The lowest BCUT2D eigenvalue weighted by molar-refractivity contribution is -0.121. The van der Waals surface area contributed by atoms with E-state index in [4.69, 9.17) is 11.6 Å². The van der Waals surface area contributed by atoms with Crippen LogP contribution in [0.3, 0.4) is 0 Å². The first kappa shape index (κ1) is 15.5. The zero-order chi connectivity index (χ0) is 15.1. The Morgan fingerprint density at radius 2 is 1.76 bits per heavy atom. The Morgan fingerprint density at radius 3 is 2.48 bits per heavy atom. The van der Waals surface area contributed by atoms with Crippen LogP contribution >= 0.6 is 11.6 Å². The van der Waals surface area contributed by atoms with Gasteiger partial charge < -0.3 is 5.32 Å². The van der Waals surface area contributed by atoms with Crippen molar-refractivity contribution in [1.82, 2.24) is 5.32 Å². The van der Waals surface area contributed by atoms with Crippen LogP contribution in [0, 0.1) is 5.82 Å². The van der Waals surface area contributed by atoms with Crippen LogP contribution in [0.15, 0.2) is 48.5 Å². The highest BCUT2D eigenvalue weighted by molar-refractivity contribution is 6.30. The molecule has 0 atom stereocenters. The van der Waals surface area contributed by atoms with E-state index < -0.39 is 0 Å². The summed E-state index contributed by atoms with van der Waals surface area (Å²) in [5.41, 5.74) is 1.69. The zero-order valence-corrected chi connectivity index (χ0v) is 12.4. The zero-order valence-electron chi connectivity index (χ0n) is 11.6. The summed E-state index contributed by atoms with van der Waals surface area (Å²) in [5.74, 6) is -0.321. The Balaban J connectivity index is 1.70. The SMILES string of the molecule is O=C(CCc1ccccc1F)NCCc1ccc(Cl)cc1. The number of hydrogen-bond acceptors (Lipinski definition) is 1. The topological polar surface area (TPSA) is 29.1 Å². The molecule has 0 aliphatic heterocycles. The number of benzene rings is 2. The molecule has 0 aliphatic carbocycles. The summed E-state index contributed by atoms with van der Waals surface area (Å²) in [5, 5.41) is 3.54. The van der Waals surface area contributed by atoms with Crippen LogP contribution in [-0.4, -0.2) is 12.5 Å². The van der Waals surface area contributed by atoms with Crippen molar-refractivity contribution in [3.63, 3.8) is 0 Å². The predicted molar refractivity (Wildman–Crippen MR) is 82.9 cm³/mol. The van der Waals surface area contributed by atoms with Gasteiger partial charge in [0.2, 0.25) is 5.91 Å². The Hall–Kier alpha value is -1.87. The highest BCUT2D eigenvalue weighted by Crippen LogP contribution is 2.10. The molecule has 1 amide bonds. The van der Waals surface area contributed by atoms with Crippen LogP contribution in [0.1, 0.15) is 17.5 Å². The Kier molecular flexibility index (Phi) is 5.76. The number of carbonyl (C=O) groups is 1. The third-order valence-corrected chi connectivity index (χ3v) is 3.48.